The Hall–Kier alpha value is -1.57. The third-order valence-corrected chi connectivity index (χ3v) is 2.67. The second-order valence-corrected chi connectivity index (χ2v) is 3.64. The highest BCUT2D eigenvalue weighted by molar-refractivity contribution is 7.17. The van der Waals surface area contributed by atoms with Gasteiger partial charge < -0.3 is 5.73 Å². The minimum Gasteiger partial charge on any atom is -0.364 e. The molecule has 0 saturated carbocycles. The van der Waals surface area contributed by atoms with Crippen LogP contribution < -0.4 is 5.73 Å². The Bertz CT molecular complexity index is 527. The average molecular weight is 235 g/mol. The first kappa shape index (κ1) is 9.97. The number of primary amides is 1. The molecular formula is C7H4F3N3OS. The summed E-state index contributed by atoms with van der Waals surface area (Å²) in [5.41, 5.74) is 4.42. The van der Waals surface area contributed by atoms with Gasteiger partial charge in [-0.3, -0.25) is 4.79 Å². The summed E-state index contributed by atoms with van der Waals surface area (Å²) in [6.07, 6.45) is -4.65. The number of alkyl halides is 3. The van der Waals surface area contributed by atoms with Gasteiger partial charge >= 0.3 is 6.30 Å². The number of aromatic nitrogens is 2. The van der Waals surface area contributed by atoms with Gasteiger partial charge in [0, 0.05) is 0 Å². The zero-order valence-corrected chi connectivity index (χ0v) is 7.89. The van der Waals surface area contributed by atoms with Crippen molar-refractivity contribution in [3.63, 3.8) is 0 Å². The zero-order valence-electron chi connectivity index (χ0n) is 7.08. The maximum Gasteiger partial charge on any atom is 0.505 e. The van der Waals surface area contributed by atoms with Gasteiger partial charge in [-0.1, -0.05) is 0 Å². The van der Waals surface area contributed by atoms with E-state index in [4.69, 9.17) is 5.73 Å². The molecule has 2 rings (SSSR count). The van der Waals surface area contributed by atoms with Crippen LogP contribution in [0.4, 0.5) is 13.2 Å². The minimum atomic E-state index is -4.65. The molecule has 2 aromatic rings. The van der Waals surface area contributed by atoms with Crippen molar-refractivity contribution < 1.29 is 18.0 Å². The van der Waals surface area contributed by atoms with Crippen LogP contribution in [0.5, 0.6) is 0 Å². The van der Waals surface area contributed by atoms with Gasteiger partial charge in [-0.05, 0) is 11.4 Å². The molecule has 0 unspecified atom stereocenters. The monoisotopic (exact) mass is 235 g/mol. The highest BCUT2D eigenvalue weighted by Gasteiger charge is 2.35. The van der Waals surface area contributed by atoms with E-state index < -0.39 is 12.2 Å². The number of hydrogen-bond donors (Lipinski definition) is 1. The van der Waals surface area contributed by atoms with E-state index in [0.717, 1.165) is 11.3 Å². The van der Waals surface area contributed by atoms with E-state index in [1.165, 1.54) is 11.4 Å². The Morgan fingerprint density at radius 1 is 1.53 bits per heavy atom. The van der Waals surface area contributed by atoms with Crippen LogP contribution in [0.15, 0.2) is 11.4 Å². The molecule has 2 aromatic heterocycles. The normalized spacial score (nSPS) is 12.2. The number of fused-ring (bicyclic) bond motifs is 1. The fraction of sp³-hybridized carbons (Fsp3) is 0.143. The number of carbonyl (C=O) groups excluding carboxylic acids is 1. The third-order valence-electron chi connectivity index (χ3n) is 1.76. The number of amides is 1. The Kier molecular flexibility index (Phi) is 1.97. The topological polar surface area (TPSA) is 60.9 Å². The molecule has 0 aliphatic heterocycles. The number of rotatable bonds is 1. The first-order valence-corrected chi connectivity index (χ1v) is 4.62. The second-order valence-electron chi connectivity index (χ2n) is 2.73. The lowest BCUT2D eigenvalue weighted by Gasteiger charge is -2.05. The van der Waals surface area contributed by atoms with Crippen LogP contribution in [-0.4, -0.2) is 15.7 Å². The summed E-state index contributed by atoms with van der Waals surface area (Å²) in [5.74, 6) is -0.967. The Balaban J connectivity index is 2.77. The summed E-state index contributed by atoms with van der Waals surface area (Å²) in [7, 11) is 0. The van der Waals surface area contributed by atoms with E-state index in [2.05, 4.69) is 5.10 Å². The molecule has 4 nitrogen and oxygen atoms in total. The minimum absolute atomic E-state index is 0.152. The molecule has 0 saturated heterocycles. The molecule has 8 heteroatoms. The molecule has 0 fully saturated rings. The number of halogens is 3. The van der Waals surface area contributed by atoms with Gasteiger partial charge in [0.25, 0.3) is 5.91 Å². The second kappa shape index (κ2) is 2.96. The van der Waals surface area contributed by atoms with Crippen LogP contribution in [0.3, 0.4) is 0 Å². The number of hydrogen-bond acceptors (Lipinski definition) is 3. The number of nitrogens with two attached hydrogens (primary N) is 1. The van der Waals surface area contributed by atoms with Crippen LogP contribution in [0.1, 0.15) is 10.5 Å². The lowest BCUT2D eigenvalue weighted by Crippen LogP contribution is -2.20. The van der Waals surface area contributed by atoms with E-state index in [1.807, 2.05) is 0 Å². The molecule has 0 atom stereocenters. The van der Waals surface area contributed by atoms with Crippen LogP contribution >= 0.6 is 11.3 Å². The molecule has 0 spiro atoms. The lowest BCUT2D eigenvalue weighted by molar-refractivity contribution is -0.209. The van der Waals surface area contributed by atoms with Crippen molar-refractivity contribution in [2.45, 2.75) is 6.30 Å². The molecule has 2 N–H and O–H groups in total. The van der Waals surface area contributed by atoms with Gasteiger partial charge in [0.2, 0.25) is 0 Å². The number of carbonyl (C=O) groups is 1. The molecule has 0 aromatic carbocycles. The van der Waals surface area contributed by atoms with Crippen LogP contribution in [0.25, 0.3) is 10.2 Å². The van der Waals surface area contributed by atoms with Crippen molar-refractivity contribution in [2.75, 3.05) is 0 Å². The fourth-order valence-electron chi connectivity index (χ4n) is 1.20. The van der Waals surface area contributed by atoms with E-state index >= 15 is 0 Å². The molecular weight excluding hydrogens is 231 g/mol. The molecule has 1 amide bonds. The third kappa shape index (κ3) is 1.46. The van der Waals surface area contributed by atoms with E-state index in [0.29, 0.717) is 0 Å². The maximum absolute atomic E-state index is 12.4. The van der Waals surface area contributed by atoms with Crippen molar-refractivity contribution in [3.8, 4) is 0 Å². The van der Waals surface area contributed by atoms with E-state index in [9.17, 15) is 18.0 Å². The van der Waals surface area contributed by atoms with Gasteiger partial charge in [-0.2, -0.15) is 9.78 Å². The van der Waals surface area contributed by atoms with Crippen molar-refractivity contribution >= 4 is 27.5 Å². The smallest absolute Gasteiger partial charge is 0.364 e. The molecule has 2 heterocycles. The van der Waals surface area contributed by atoms with Crippen LogP contribution in [0, 0.1) is 0 Å². The van der Waals surface area contributed by atoms with Gasteiger partial charge in [0.05, 0.1) is 10.2 Å². The Morgan fingerprint density at radius 3 is 2.73 bits per heavy atom. The fourth-order valence-corrected chi connectivity index (χ4v) is 2.06. The molecule has 80 valence electrons. The molecule has 0 bridgehead atoms. The van der Waals surface area contributed by atoms with Crippen LogP contribution in [0.2, 0.25) is 0 Å². The summed E-state index contributed by atoms with van der Waals surface area (Å²) in [5, 5.41) is 4.59. The van der Waals surface area contributed by atoms with Gasteiger partial charge in [-0.25, -0.2) is 0 Å². The van der Waals surface area contributed by atoms with E-state index in [-0.39, 0.29) is 20.6 Å². The quantitative estimate of drug-likeness (QED) is 0.817. The Morgan fingerprint density at radius 2 is 2.20 bits per heavy atom. The van der Waals surface area contributed by atoms with Crippen molar-refractivity contribution in [1.82, 2.24) is 9.78 Å². The molecule has 0 aliphatic carbocycles. The van der Waals surface area contributed by atoms with Gasteiger partial charge in [0.1, 0.15) is 0 Å². The predicted molar refractivity (Wildman–Crippen MR) is 47.4 cm³/mol. The Labute approximate surface area is 85.1 Å². The highest BCUT2D eigenvalue weighted by Crippen LogP contribution is 2.31. The molecule has 0 aliphatic rings. The summed E-state index contributed by atoms with van der Waals surface area (Å²) >= 11 is 0.995. The first-order chi connectivity index (χ1) is 6.91. The zero-order chi connectivity index (χ0) is 11.2. The summed E-state index contributed by atoms with van der Waals surface area (Å²) in [6.45, 7) is 0. The SMILES string of the molecule is NC(=O)c1nn(C(F)(F)F)c2ccsc12. The van der Waals surface area contributed by atoms with Crippen molar-refractivity contribution in [2.24, 2.45) is 5.73 Å². The van der Waals surface area contributed by atoms with Crippen LogP contribution in [-0.2, 0) is 6.30 Å². The number of nitrogens with zero attached hydrogens (tertiary/aromatic N) is 2. The largest absolute Gasteiger partial charge is 0.505 e. The average Bonchev–Trinajstić information content (AvgIpc) is 2.57. The standard InChI is InChI=1S/C7H4F3N3OS/c8-7(9,10)13-3-1-2-15-5(3)4(12-13)6(11)14/h1-2H,(H2,11,14). The first-order valence-electron chi connectivity index (χ1n) is 3.74. The number of thiophene rings is 1. The summed E-state index contributed by atoms with van der Waals surface area (Å²) < 4.78 is 37.3. The van der Waals surface area contributed by atoms with Crippen molar-refractivity contribution in [3.05, 3.63) is 17.1 Å². The summed E-state index contributed by atoms with van der Waals surface area (Å²) in [6, 6.07) is 1.24. The highest BCUT2D eigenvalue weighted by atomic mass is 32.1. The van der Waals surface area contributed by atoms with Crippen molar-refractivity contribution in [1.29, 1.82) is 0 Å². The maximum atomic E-state index is 12.4. The summed E-state index contributed by atoms with van der Waals surface area (Å²) in [4.78, 5) is 10.8. The lowest BCUT2D eigenvalue weighted by atomic mass is 10.4. The molecule has 15 heavy (non-hydrogen) atoms. The molecule has 0 radical (unpaired) electrons. The predicted octanol–water partition coefficient (Wildman–Crippen LogP) is 1.67. The van der Waals surface area contributed by atoms with E-state index in [1.54, 1.807) is 0 Å². The van der Waals surface area contributed by atoms with Gasteiger partial charge in [0.15, 0.2) is 5.69 Å². The van der Waals surface area contributed by atoms with Gasteiger partial charge in [-0.15, -0.1) is 24.5 Å².